The largest absolute Gasteiger partial charge is 0.467 e. The molecule has 18 heavy (non-hydrogen) atoms. The van der Waals surface area contributed by atoms with Crippen LogP contribution in [-0.4, -0.2) is 31.8 Å². The summed E-state index contributed by atoms with van der Waals surface area (Å²) in [6.07, 6.45) is 1.15. The Hall–Kier alpha value is -1.26. The van der Waals surface area contributed by atoms with E-state index in [1.54, 1.807) is 6.07 Å². The Morgan fingerprint density at radius 3 is 2.67 bits per heavy atom. The lowest BCUT2D eigenvalue weighted by Crippen LogP contribution is -2.51. The Morgan fingerprint density at radius 1 is 1.39 bits per heavy atom. The SMILES string of the molecule is COC(=O)C1(Nc2ccccc2Cl)CCOCC1. The van der Waals surface area contributed by atoms with Crippen LogP contribution in [0.5, 0.6) is 0 Å². The van der Waals surface area contributed by atoms with Crippen LogP contribution < -0.4 is 5.32 Å². The molecule has 98 valence electrons. The molecule has 1 aliphatic rings. The van der Waals surface area contributed by atoms with Crippen molar-refractivity contribution in [2.24, 2.45) is 0 Å². The topological polar surface area (TPSA) is 47.6 Å². The lowest BCUT2D eigenvalue weighted by atomic mass is 9.89. The van der Waals surface area contributed by atoms with Gasteiger partial charge in [-0.1, -0.05) is 23.7 Å². The molecule has 1 aromatic carbocycles. The second-order valence-electron chi connectivity index (χ2n) is 4.29. The monoisotopic (exact) mass is 269 g/mol. The van der Waals surface area contributed by atoms with Gasteiger partial charge in [0.2, 0.25) is 0 Å². The van der Waals surface area contributed by atoms with E-state index in [4.69, 9.17) is 21.1 Å². The molecule has 5 heteroatoms. The third-order valence-corrected chi connectivity index (χ3v) is 3.50. The zero-order chi connectivity index (χ0) is 13.0. The minimum Gasteiger partial charge on any atom is -0.467 e. The van der Waals surface area contributed by atoms with Gasteiger partial charge in [-0.3, -0.25) is 0 Å². The van der Waals surface area contributed by atoms with Gasteiger partial charge in [-0.15, -0.1) is 0 Å². The number of benzene rings is 1. The number of anilines is 1. The molecule has 0 atom stereocenters. The van der Waals surface area contributed by atoms with E-state index in [2.05, 4.69) is 5.32 Å². The molecule has 1 heterocycles. The van der Waals surface area contributed by atoms with Crippen LogP contribution in [0.25, 0.3) is 0 Å². The molecule has 1 aliphatic heterocycles. The van der Waals surface area contributed by atoms with Gasteiger partial charge >= 0.3 is 5.97 Å². The van der Waals surface area contributed by atoms with Crippen molar-refractivity contribution in [3.8, 4) is 0 Å². The molecule has 0 bridgehead atoms. The number of para-hydroxylation sites is 1. The highest BCUT2D eigenvalue weighted by Crippen LogP contribution is 2.30. The van der Waals surface area contributed by atoms with Crippen LogP contribution in [0.3, 0.4) is 0 Å². The first kappa shape index (κ1) is 13.2. The van der Waals surface area contributed by atoms with E-state index < -0.39 is 5.54 Å². The van der Waals surface area contributed by atoms with Crippen LogP contribution in [0.2, 0.25) is 5.02 Å². The van der Waals surface area contributed by atoms with E-state index in [1.807, 2.05) is 18.2 Å². The van der Waals surface area contributed by atoms with Crippen molar-refractivity contribution >= 4 is 23.3 Å². The summed E-state index contributed by atoms with van der Waals surface area (Å²) in [5.41, 5.74) is 0.00400. The standard InChI is InChI=1S/C13H16ClNO3/c1-17-12(16)13(6-8-18-9-7-13)15-11-5-3-2-4-10(11)14/h2-5,15H,6-9H2,1H3. The fourth-order valence-corrected chi connectivity index (χ4v) is 2.30. The molecule has 0 amide bonds. The van der Waals surface area contributed by atoms with Gasteiger partial charge in [0.05, 0.1) is 17.8 Å². The van der Waals surface area contributed by atoms with Crippen molar-refractivity contribution in [1.29, 1.82) is 0 Å². The van der Waals surface area contributed by atoms with Crippen molar-refractivity contribution in [1.82, 2.24) is 0 Å². The summed E-state index contributed by atoms with van der Waals surface area (Å²) in [5.74, 6) is -0.272. The number of nitrogens with one attached hydrogen (secondary N) is 1. The third-order valence-electron chi connectivity index (χ3n) is 3.17. The van der Waals surface area contributed by atoms with Gasteiger partial charge in [0, 0.05) is 26.1 Å². The molecule has 0 spiro atoms. The zero-order valence-electron chi connectivity index (χ0n) is 10.2. The minimum atomic E-state index is -0.738. The summed E-state index contributed by atoms with van der Waals surface area (Å²) < 4.78 is 10.2. The van der Waals surface area contributed by atoms with Gasteiger partial charge < -0.3 is 14.8 Å². The highest BCUT2D eigenvalue weighted by atomic mass is 35.5. The van der Waals surface area contributed by atoms with E-state index in [0.717, 1.165) is 5.69 Å². The van der Waals surface area contributed by atoms with Crippen LogP contribution in [0.15, 0.2) is 24.3 Å². The zero-order valence-corrected chi connectivity index (χ0v) is 11.0. The molecule has 1 aromatic rings. The first-order valence-corrected chi connectivity index (χ1v) is 6.25. The van der Waals surface area contributed by atoms with Gasteiger partial charge in [0.15, 0.2) is 0 Å². The van der Waals surface area contributed by atoms with Gasteiger partial charge in [0.25, 0.3) is 0 Å². The number of ether oxygens (including phenoxy) is 2. The van der Waals surface area contributed by atoms with Gasteiger partial charge in [-0.2, -0.15) is 0 Å². The van der Waals surface area contributed by atoms with Crippen molar-refractivity contribution in [2.75, 3.05) is 25.6 Å². The number of carbonyl (C=O) groups excluding carboxylic acids is 1. The first-order valence-electron chi connectivity index (χ1n) is 5.87. The van der Waals surface area contributed by atoms with Crippen molar-refractivity contribution in [2.45, 2.75) is 18.4 Å². The summed E-state index contributed by atoms with van der Waals surface area (Å²) in [5, 5.41) is 3.82. The number of hydrogen-bond donors (Lipinski definition) is 1. The first-order chi connectivity index (χ1) is 8.68. The number of rotatable bonds is 3. The molecule has 1 saturated heterocycles. The van der Waals surface area contributed by atoms with Crippen LogP contribution in [0.4, 0.5) is 5.69 Å². The summed E-state index contributed by atoms with van der Waals surface area (Å²) >= 11 is 6.11. The molecule has 0 radical (unpaired) electrons. The molecule has 1 fully saturated rings. The van der Waals surface area contributed by atoms with Crippen LogP contribution >= 0.6 is 11.6 Å². The van der Waals surface area contributed by atoms with Crippen LogP contribution in [-0.2, 0) is 14.3 Å². The van der Waals surface area contributed by atoms with Crippen LogP contribution in [0.1, 0.15) is 12.8 Å². The normalized spacial score (nSPS) is 18.1. The Bertz CT molecular complexity index is 430. The maximum absolute atomic E-state index is 12.0. The van der Waals surface area contributed by atoms with Gasteiger partial charge in [-0.05, 0) is 12.1 Å². The lowest BCUT2D eigenvalue weighted by Gasteiger charge is -2.36. The Kier molecular flexibility index (Phi) is 4.09. The molecule has 0 saturated carbocycles. The second kappa shape index (κ2) is 5.59. The predicted molar refractivity (Wildman–Crippen MR) is 69.9 cm³/mol. The van der Waals surface area contributed by atoms with E-state index in [0.29, 0.717) is 31.1 Å². The molecule has 0 unspecified atom stereocenters. The smallest absolute Gasteiger partial charge is 0.331 e. The molecule has 1 N–H and O–H groups in total. The number of methoxy groups -OCH3 is 1. The maximum Gasteiger partial charge on any atom is 0.331 e. The molecule has 0 aliphatic carbocycles. The van der Waals surface area contributed by atoms with Crippen molar-refractivity contribution in [3.63, 3.8) is 0 Å². The number of halogens is 1. The molecular formula is C13H16ClNO3. The van der Waals surface area contributed by atoms with E-state index >= 15 is 0 Å². The predicted octanol–water partition coefficient (Wildman–Crippen LogP) is 2.47. The quantitative estimate of drug-likeness (QED) is 0.857. The average molecular weight is 270 g/mol. The maximum atomic E-state index is 12.0. The average Bonchev–Trinajstić information content (AvgIpc) is 2.41. The molecule has 2 rings (SSSR count). The highest BCUT2D eigenvalue weighted by Gasteiger charge is 2.41. The fraction of sp³-hybridized carbons (Fsp3) is 0.462. The highest BCUT2D eigenvalue weighted by molar-refractivity contribution is 6.33. The lowest BCUT2D eigenvalue weighted by molar-refractivity contribution is -0.149. The second-order valence-corrected chi connectivity index (χ2v) is 4.70. The number of esters is 1. The summed E-state index contributed by atoms with van der Waals surface area (Å²) in [7, 11) is 1.40. The number of carbonyl (C=O) groups is 1. The van der Waals surface area contributed by atoms with E-state index in [1.165, 1.54) is 7.11 Å². The van der Waals surface area contributed by atoms with Gasteiger partial charge in [-0.25, -0.2) is 4.79 Å². The fourth-order valence-electron chi connectivity index (χ4n) is 2.12. The van der Waals surface area contributed by atoms with Crippen molar-refractivity contribution < 1.29 is 14.3 Å². The molecule has 0 aromatic heterocycles. The Balaban J connectivity index is 2.25. The summed E-state index contributed by atoms with van der Waals surface area (Å²) in [4.78, 5) is 12.0. The summed E-state index contributed by atoms with van der Waals surface area (Å²) in [6, 6.07) is 7.36. The third kappa shape index (κ3) is 2.60. The molecule has 4 nitrogen and oxygen atoms in total. The Morgan fingerprint density at radius 2 is 2.06 bits per heavy atom. The minimum absolute atomic E-state index is 0.272. The number of hydrogen-bond acceptors (Lipinski definition) is 4. The molecular weight excluding hydrogens is 254 g/mol. The summed E-state index contributed by atoms with van der Waals surface area (Å²) in [6.45, 7) is 1.07. The van der Waals surface area contributed by atoms with Crippen LogP contribution in [0, 0.1) is 0 Å². The Labute approximate surface area is 111 Å². The van der Waals surface area contributed by atoms with Crippen molar-refractivity contribution in [3.05, 3.63) is 29.3 Å². The van der Waals surface area contributed by atoms with Gasteiger partial charge in [0.1, 0.15) is 5.54 Å². The van der Waals surface area contributed by atoms with E-state index in [-0.39, 0.29) is 5.97 Å². The van der Waals surface area contributed by atoms with E-state index in [9.17, 15) is 4.79 Å².